The molecule has 0 radical (unpaired) electrons. The Kier molecular flexibility index (Phi) is 7.04. The number of fused-ring (bicyclic) bond motifs is 1. The molecule has 4 aromatic rings. The van der Waals surface area contributed by atoms with E-state index in [4.69, 9.17) is 10.5 Å². The number of benzene rings is 2. The lowest BCUT2D eigenvalue weighted by Gasteiger charge is -2.14. The Morgan fingerprint density at radius 1 is 1.14 bits per heavy atom. The number of carbonyl (C=O) groups is 2. The Bertz CT molecular complexity index is 1490. The topological polar surface area (TPSA) is 137 Å². The predicted molar refractivity (Wildman–Crippen MR) is 130 cm³/mol. The summed E-state index contributed by atoms with van der Waals surface area (Å²) in [7, 11) is 1.28. The van der Waals surface area contributed by atoms with Crippen molar-refractivity contribution in [2.24, 2.45) is 0 Å². The molecule has 0 aliphatic rings. The van der Waals surface area contributed by atoms with Gasteiger partial charge in [0.15, 0.2) is 5.82 Å². The lowest BCUT2D eigenvalue weighted by atomic mass is 9.98. The van der Waals surface area contributed by atoms with Crippen LogP contribution in [0.25, 0.3) is 27.9 Å². The lowest BCUT2D eigenvalue weighted by molar-refractivity contribution is -0.111. The van der Waals surface area contributed by atoms with E-state index in [0.717, 1.165) is 6.08 Å². The van der Waals surface area contributed by atoms with Crippen molar-refractivity contribution in [2.75, 3.05) is 18.2 Å². The van der Waals surface area contributed by atoms with Gasteiger partial charge in [-0.2, -0.15) is 0 Å². The number of nitrogens with one attached hydrogen (secondary N) is 2. The summed E-state index contributed by atoms with van der Waals surface area (Å²) in [5.41, 5.74) is 8.92. The number of aromatic nitrogens is 4. The molecule has 0 spiro atoms. The van der Waals surface area contributed by atoms with Gasteiger partial charge < -0.3 is 21.1 Å². The minimum absolute atomic E-state index is 0.000303. The molecule has 37 heavy (non-hydrogen) atoms. The maximum atomic E-state index is 13.4. The first-order valence-electron chi connectivity index (χ1n) is 10.7. The zero-order chi connectivity index (χ0) is 26.7. The average Bonchev–Trinajstić information content (AvgIpc) is 3.29. The van der Waals surface area contributed by atoms with Crippen LogP contribution >= 0.6 is 0 Å². The smallest absolute Gasteiger partial charge is 0.287 e. The molecule has 0 saturated carbocycles. The first-order valence-corrected chi connectivity index (χ1v) is 10.7. The molecule has 2 aromatic heterocycles. The molecular formula is C24H20F3N7O3. The van der Waals surface area contributed by atoms with Gasteiger partial charge in [0, 0.05) is 16.8 Å². The van der Waals surface area contributed by atoms with E-state index in [9.17, 15) is 22.8 Å². The summed E-state index contributed by atoms with van der Waals surface area (Å²) in [5.74, 6) is -1.32. The number of amides is 2. The number of rotatable bonds is 8. The highest BCUT2D eigenvalue weighted by Gasteiger charge is 2.25. The van der Waals surface area contributed by atoms with Gasteiger partial charge in [-0.3, -0.25) is 9.59 Å². The second-order valence-corrected chi connectivity index (χ2v) is 7.60. The summed E-state index contributed by atoms with van der Waals surface area (Å²) in [4.78, 5) is 28.0. The maximum absolute atomic E-state index is 13.4. The first kappa shape index (κ1) is 25.2. The number of nitrogen functional groups attached to an aromatic ring is 1. The molecule has 0 fully saturated rings. The van der Waals surface area contributed by atoms with Crippen molar-refractivity contribution in [1.29, 1.82) is 0 Å². The number of anilines is 2. The number of alkyl halides is 3. The van der Waals surface area contributed by atoms with Crippen LogP contribution in [0.4, 0.5) is 24.7 Å². The van der Waals surface area contributed by atoms with Crippen LogP contribution < -0.4 is 21.1 Å². The van der Waals surface area contributed by atoms with E-state index in [-0.39, 0.29) is 23.0 Å². The Hall–Kier alpha value is -4.94. The second-order valence-electron chi connectivity index (χ2n) is 7.60. The zero-order valence-corrected chi connectivity index (χ0v) is 19.3. The summed E-state index contributed by atoms with van der Waals surface area (Å²) in [6.45, 7) is 3.42. The van der Waals surface area contributed by atoms with Crippen LogP contribution in [0.2, 0.25) is 0 Å². The van der Waals surface area contributed by atoms with Crippen LogP contribution in [0, 0.1) is 0 Å². The highest BCUT2D eigenvalue weighted by molar-refractivity contribution is 6.01. The van der Waals surface area contributed by atoms with Crippen molar-refractivity contribution < 1.29 is 27.5 Å². The van der Waals surface area contributed by atoms with Gasteiger partial charge in [-0.15, -0.1) is 14.8 Å². The van der Waals surface area contributed by atoms with E-state index < -0.39 is 18.6 Å². The fraction of sp³-hybridized carbons (Fsp3) is 0.125. The summed E-state index contributed by atoms with van der Waals surface area (Å²) < 4.78 is 45.1. The molecule has 0 bridgehead atoms. The maximum Gasteiger partial charge on any atom is 0.287 e. The summed E-state index contributed by atoms with van der Waals surface area (Å²) in [6.07, 6.45) is -3.83. The second kappa shape index (κ2) is 10.4. The highest BCUT2D eigenvalue weighted by Crippen LogP contribution is 2.39. The van der Waals surface area contributed by atoms with Gasteiger partial charge in [0.1, 0.15) is 23.3 Å². The standard InChI is InChI=1S/C24H20F3N7O3/c1-3-17(35)31-14-7-4-12(5-8-14)19-18(20-23(28)29-11-30-34(20)33-19)13-6-9-15(16(10-13)37-2)24(36)32-22(27)21(25)26/h3-11,21-22H,1H2,2H3,(H,31,35)(H,32,36)(H2,28,29,30). The number of hydrogen-bond donors (Lipinski definition) is 3. The van der Waals surface area contributed by atoms with E-state index in [1.54, 1.807) is 29.6 Å². The molecule has 2 amide bonds. The number of nitrogens with two attached hydrogens (primary N) is 1. The summed E-state index contributed by atoms with van der Waals surface area (Å²) >= 11 is 0. The van der Waals surface area contributed by atoms with Gasteiger partial charge >= 0.3 is 0 Å². The number of nitrogens with zero attached hydrogens (tertiary/aromatic N) is 4. The third-order valence-corrected chi connectivity index (χ3v) is 5.31. The fourth-order valence-corrected chi connectivity index (χ4v) is 3.60. The number of carbonyl (C=O) groups excluding carboxylic acids is 2. The molecule has 1 unspecified atom stereocenters. The zero-order valence-electron chi connectivity index (χ0n) is 19.3. The minimum atomic E-state index is -3.38. The predicted octanol–water partition coefficient (Wildman–Crippen LogP) is 3.46. The largest absolute Gasteiger partial charge is 0.496 e. The van der Waals surface area contributed by atoms with Crippen molar-refractivity contribution in [1.82, 2.24) is 25.1 Å². The molecule has 13 heteroatoms. The van der Waals surface area contributed by atoms with Gasteiger partial charge in [-0.05, 0) is 35.9 Å². The molecule has 2 heterocycles. The lowest BCUT2D eigenvalue weighted by Crippen LogP contribution is -2.36. The number of halogens is 3. The highest BCUT2D eigenvalue weighted by atomic mass is 19.3. The number of methoxy groups -OCH3 is 1. The van der Waals surface area contributed by atoms with Crippen molar-refractivity contribution in [2.45, 2.75) is 12.7 Å². The first-order chi connectivity index (χ1) is 17.7. The fourth-order valence-electron chi connectivity index (χ4n) is 3.60. The van der Waals surface area contributed by atoms with Gasteiger partial charge in [0.2, 0.25) is 12.2 Å². The SMILES string of the molecule is C=CC(=O)Nc1ccc(-c2nn3ncnc(N)c3c2-c2ccc(C(=O)NC(F)C(F)F)c(OC)c2)cc1. The monoisotopic (exact) mass is 511 g/mol. The van der Waals surface area contributed by atoms with Crippen LogP contribution in [0.5, 0.6) is 5.75 Å². The Morgan fingerprint density at radius 2 is 1.84 bits per heavy atom. The molecular weight excluding hydrogens is 491 g/mol. The summed E-state index contributed by atoms with van der Waals surface area (Å²) in [5, 5.41) is 12.9. The quantitative estimate of drug-likeness (QED) is 0.243. The van der Waals surface area contributed by atoms with Crippen molar-refractivity contribution in [3.63, 3.8) is 0 Å². The molecule has 190 valence electrons. The van der Waals surface area contributed by atoms with Gasteiger partial charge in [0.05, 0.1) is 12.7 Å². The van der Waals surface area contributed by atoms with E-state index >= 15 is 0 Å². The molecule has 0 aliphatic heterocycles. The van der Waals surface area contributed by atoms with Gasteiger partial charge in [0.25, 0.3) is 12.3 Å². The van der Waals surface area contributed by atoms with E-state index in [2.05, 4.69) is 27.1 Å². The average molecular weight is 511 g/mol. The van der Waals surface area contributed by atoms with Crippen LogP contribution in [0.15, 0.2) is 61.4 Å². The number of hydrogen-bond acceptors (Lipinski definition) is 7. The Balaban J connectivity index is 1.82. The van der Waals surface area contributed by atoms with Crippen LogP contribution in [0.3, 0.4) is 0 Å². The van der Waals surface area contributed by atoms with Gasteiger partial charge in [-0.25, -0.2) is 18.2 Å². The number of ether oxygens (including phenoxy) is 1. The van der Waals surface area contributed by atoms with E-state index in [1.807, 2.05) is 0 Å². The van der Waals surface area contributed by atoms with E-state index in [0.29, 0.717) is 33.6 Å². The molecule has 0 aliphatic carbocycles. The molecule has 10 nitrogen and oxygen atoms in total. The van der Waals surface area contributed by atoms with Crippen LogP contribution in [-0.4, -0.2) is 51.5 Å². The third kappa shape index (κ3) is 5.05. The van der Waals surface area contributed by atoms with Crippen molar-refractivity contribution >= 4 is 28.8 Å². The molecule has 4 N–H and O–H groups in total. The molecule has 0 saturated heterocycles. The van der Waals surface area contributed by atoms with Crippen molar-refractivity contribution in [3.05, 3.63) is 67.0 Å². The Morgan fingerprint density at radius 3 is 2.49 bits per heavy atom. The normalized spacial score (nSPS) is 11.8. The molecule has 2 aromatic carbocycles. The summed E-state index contributed by atoms with van der Waals surface area (Å²) in [6, 6.07) is 11.1. The minimum Gasteiger partial charge on any atom is -0.496 e. The molecule has 4 rings (SSSR count). The van der Waals surface area contributed by atoms with Crippen LogP contribution in [0.1, 0.15) is 10.4 Å². The van der Waals surface area contributed by atoms with E-state index in [1.165, 1.54) is 36.3 Å². The van der Waals surface area contributed by atoms with Crippen molar-refractivity contribution in [3.8, 4) is 28.1 Å². The Labute approximate surface area is 207 Å². The van der Waals surface area contributed by atoms with Crippen LogP contribution in [-0.2, 0) is 4.79 Å². The molecule has 1 atom stereocenters. The van der Waals surface area contributed by atoms with Gasteiger partial charge in [-0.1, -0.05) is 24.8 Å². The third-order valence-electron chi connectivity index (χ3n) is 5.31.